The van der Waals surface area contributed by atoms with E-state index in [1.807, 2.05) is 61.4 Å². The number of anilines is 9. The molecule has 0 N–H and O–H groups in total. The largest absolute Gasteiger partial charge is 0.307 e. The van der Waals surface area contributed by atoms with Gasteiger partial charge in [0.25, 0.3) is 0 Å². The minimum absolute atomic E-state index is 0.191. The lowest BCUT2D eigenvalue weighted by molar-refractivity contribution is 0.630. The average molecular weight is 1650 g/mol. The number of aromatic nitrogens is 6. The van der Waals surface area contributed by atoms with Gasteiger partial charge in [-0.05, 0) is 228 Å². The molecule has 3 spiro atoms. The van der Waals surface area contributed by atoms with Gasteiger partial charge in [-0.15, -0.1) is 0 Å². The summed E-state index contributed by atoms with van der Waals surface area (Å²) >= 11 is 0. The third-order valence-corrected chi connectivity index (χ3v) is 30.0. The maximum Gasteiger partial charge on any atom is 0.234 e. The minimum atomic E-state index is -0.408. The molecule has 0 atom stereocenters. The van der Waals surface area contributed by atoms with Gasteiger partial charge in [-0.25, -0.2) is 29.9 Å². The van der Waals surface area contributed by atoms with E-state index < -0.39 is 10.8 Å². The van der Waals surface area contributed by atoms with Crippen LogP contribution in [0.2, 0.25) is 0 Å². The fraction of sp³-hybridized carbons (Fsp3) is 0.100. The predicted molar refractivity (Wildman–Crippen MR) is 521 cm³/mol. The SMILES string of the molecule is CC1(C)c2ccccc2N(c2cnc(-c3ccccc3)nc2)c2cc3c(cc21)-c1ccccc1C31c2ccccc2-c2ccccc21.CC1(C)c2ccccc2N(c2cncnc2)c2cc3c(cc21)-c1ccccc1C31c2ccccc2-c2ccccc21.CC1(C)c2ccccc2N(c2ncccn2)c2cc3c(cc21)-c1ccccc1C31c2ccccc2-c2ccccc21. The van der Waals surface area contributed by atoms with Gasteiger partial charge in [0, 0.05) is 34.2 Å². The number of hydrogen-bond donors (Lipinski definition) is 0. The Morgan fingerprint density at radius 1 is 0.194 bits per heavy atom. The second kappa shape index (κ2) is 27.3. The standard InChI is InChI=1S/C44H31N3.2C38H27N3/c1-43(2)37-22-12-13-23-40(37)47(29-26-45-42(46-27-29)28-14-4-3-5-15-28)41-25-38-33(24-39(41)43)32-18-8-11-21-36(32)44(38)34-19-9-6-16-30(34)31-17-7-10-20-35(31)44;1-37(2)31-18-9-10-19-34(31)41(36-39-20-11-21-40-36)35-23-32-27(22-33(35)37)26-14-5-8-17-30(26)38(32)28-15-6-3-12-24(28)25-13-4-7-16-29(25)38;1-37(2)32-17-9-10-18-35(32)41(24-21-39-23-40-22-24)36-20-33-28(19-34(36)37)27-13-5-8-16-31(27)38(33)29-14-6-3-11-25(29)26-12-4-7-15-30(26)38/h3-27H,1-2H3;2*3-23H,1-2H3. The summed E-state index contributed by atoms with van der Waals surface area (Å²) in [5.74, 6) is 1.41. The number of hydrogen-bond acceptors (Lipinski definition) is 9. The molecule has 6 heterocycles. The Hall–Kier alpha value is -15.8. The van der Waals surface area contributed by atoms with Gasteiger partial charge < -0.3 is 9.80 Å². The van der Waals surface area contributed by atoms with E-state index in [4.69, 9.17) is 19.9 Å². The molecule has 9 nitrogen and oxygen atoms in total. The van der Waals surface area contributed by atoms with E-state index in [1.54, 1.807) is 6.33 Å². The van der Waals surface area contributed by atoms with Crippen LogP contribution in [0.25, 0.3) is 78.1 Å². The van der Waals surface area contributed by atoms with Crippen LogP contribution in [0.15, 0.2) is 407 Å². The van der Waals surface area contributed by atoms with Crippen LogP contribution in [-0.4, -0.2) is 29.9 Å². The van der Waals surface area contributed by atoms with Crippen molar-refractivity contribution in [3.8, 4) is 78.1 Å². The summed E-state index contributed by atoms with van der Waals surface area (Å²) in [5, 5.41) is 0. The molecule has 0 unspecified atom stereocenters. The summed E-state index contributed by atoms with van der Waals surface area (Å²) in [5.41, 5.74) is 47.9. The second-order valence-corrected chi connectivity index (χ2v) is 37.1. The lowest BCUT2D eigenvalue weighted by Crippen LogP contribution is -2.32. The molecule has 9 heteroatoms. The van der Waals surface area contributed by atoms with Gasteiger partial charge in [-0.3, -0.25) is 4.90 Å². The first-order chi connectivity index (χ1) is 63.3. The quantitative estimate of drug-likeness (QED) is 0.171. The Kier molecular flexibility index (Phi) is 15.8. The molecule has 19 aromatic rings. The van der Waals surface area contributed by atoms with E-state index in [-0.39, 0.29) is 21.7 Å². The molecular weight excluding hydrogens is 1570 g/mol. The van der Waals surface area contributed by atoms with Crippen molar-refractivity contribution in [2.24, 2.45) is 0 Å². The summed E-state index contributed by atoms with van der Waals surface area (Å²) < 4.78 is 0. The van der Waals surface area contributed by atoms with Crippen molar-refractivity contribution in [2.75, 3.05) is 14.7 Å². The van der Waals surface area contributed by atoms with Crippen LogP contribution in [0, 0.1) is 0 Å². The Labute approximate surface area is 750 Å². The third-order valence-electron chi connectivity index (χ3n) is 30.0. The molecule has 28 rings (SSSR count). The zero-order valence-electron chi connectivity index (χ0n) is 72.2. The van der Waals surface area contributed by atoms with Gasteiger partial charge >= 0.3 is 0 Å². The number of nitrogens with zero attached hydrogens (tertiary/aromatic N) is 9. The van der Waals surface area contributed by atoms with Gasteiger partial charge in [0.15, 0.2) is 5.82 Å². The zero-order valence-corrected chi connectivity index (χ0v) is 72.2. The fourth-order valence-corrected chi connectivity index (χ4v) is 24.6. The Morgan fingerprint density at radius 3 is 0.752 bits per heavy atom. The fourth-order valence-electron chi connectivity index (χ4n) is 24.6. The zero-order chi connectivity index (χ0) is 86.0. The van der Waals surface area contributed by atoms with Gasteiger partial charge in [0.2, 0.25) is 5.95 Å². The molecule has 16 aromatic carbocycles. The van der Waals surface area contributed by atoms with Crippen molar-refractivity contribution in [3.63, 3.8) is 0 Å². The summed E-state index contributed by atoms with van der Waals surface area (Å²) in [7, 11) is 0. The number of fused-ring (bicyclic) bond motifs is 36. The van der Waals surface area contributed by atoms with Gasteiger partial charge in [0.05, 0.1) is 86.5 Å². The van der Waals surface area contributed by atoms with E-state index in [0.717, 1.165) is 39.8 Å². The lowest BCUT2D eigenvalue weighted by Gasteiger charge is -2.43. The molecule has 0 amide bonds. The monoisotopic (exact) mass is 1650 g/mol. The highest BCUT2D eigenvalue weighted by Gasteiger charge is 2.57. The topological polar surface area (TPSA) is 87.1 Å². The summed E-state index contributed by atoms with van der Waals surface area (Å²) in [6.07, 6.45) is 13.1. The van der Waals surface area contributed by atoms with Crippen molar-refractivity contribution < 1.29 is 0 Å². The molecule has 129 heavy (non-hydrogen) atoms. The van der Waals surface area contributed by atoms with Crippen molar-refractivity contribution in [1.82, 2.24) is 29.9 Å². The Bertz CT molecular complexity index is 7510. The molecule has 6 aliphatic carbocycles. The van der Waals surface area contributed by atoms with Crippen LogP contribution < -0.4 is 14.7 Å². The van der Waals surface area contributed by atoms with E-state index in [2.05, 4.69) is 406 Å². The maximum absolute atomic E-state index is 4.89. The van der Waals surface area contributed by atoms with Crippen molar-refractivity contribution in [3.05, 3.63) is 508 Å². The van der Waals surface area contributed by atoms with Crippen molar-refractivity contribution in [2.45, 2.75) is 74.0 Å². The van der Waals surface area contributed by atoms with Crippen molar-refractivity contribution >= 4 is 51.4 Å². The predicted octanol–water partition coefficient (Wildman–Crippen LogP) is 28.5. The molecule has 0 radical (unpaired) electrons. The first kappa shape index (κ1) is 74.6. The van der Waals surface area contributed by atoms with Crippen LogP contribution in [0.4, 0.5) is 51.4 Å². The molecular formula is C120H85N9. The highest BCUT2D eigenvalue weighted by atomic mass is 15.3. The first-order valence-electron chi connectivity index (χ1n) is 44.8. The van der Waals surface area contributed by atoms with Gasteiger partial charge in [0.1, 0.15) is 6.33 Å². The van der Waals surface area contributed by atoms with Crippen LogP contribution in [-0.2, 0) is 32.5 Å². The van der Waals surface area contributed by atoms with Gasteiger partial charge in [-0.2, -0.15) is 0 Å². The molecule has 0 saturated carbocycles. The summed E-state index contributed by atoms with van der Waals surface area (Å²) in [6.45, 7) is 14.1. The number of rotatable bonds is 4. The van der Waals surface area contributed by atoms with E-state index in [0.29, 0.717) is 5.95 Å². The van der Waals surface area contributed by atoms with E-state index >= 15 is 0 Å². The molecule has 0 bridgehead atoms. The smallest absolute Gasteiger partial charge is 0.234 e. The van der Waals surface area contributed by atoms with E-state index in [9.17, 15) is 0 Å². The lowest BCUT2D eigenvalue weighted by atomic mass is 9.68. The molecule has 0 saturated heterocycles. The first-order valence-corrected chi connectivity index (χ1v) is 44.8. The van der Waals surface area contributed by atoms with Crippen LogP contribution in [0.3, 0.4) is 0 Å². The minimum Gasteiger partial charge on any atom is -0.307 e. The van der Waals surface area contributed by atoms with Crippen LogP contribution in [0.1, 0.15) is 142 Å². The second-order valence-electron chi connectivity index (χ2n) is 37.1. The Morgan fingerprint density at radius 2 is 0.442 bits per heavy atom. The maximum atomic E-state index is 4.89. The normalized spacial score (nSPS) is 15.7. The molecule has 0 fully saturated rings. The average Bonchev–Trinajstić information content (AvgIpc) is 1.51. The third kappa shape index (κ3) is 9.93. The highest BCUT2D eigenvalue weighted by molar-refractivity contribution is 6.03. The summed E-state index contributed by atoms with van der Waals surface area (Å²) in [4.78, 5) is 35.1. The Balaban J connectivity index is 0.000000102. The molecule has 610 valence electrons. The van der Waals surface area contributed by atoms with Crippen molar-refractivity contribution in [1.29, 1.82) is 0 Å². The highest BCUT2D eigenvalue weighted by Crippen LogP contribution is 2.70. The van der Waals surface area contributed by atoms with Crippen LogP contribution in [0.5, 0.6) is 0 Å². The van der Waals surface area contributed by atoms with Gasteiger partial charge in [-0.1, -0.05) is 345 Å². The summed E-state index contributed by atoms with van der Waals surface area (Å²) in [6, 6.07) is 134. The van der Waals surface area contributed by atoms with E-state index in [1.165, 1.54) is 184 Å². The molecule has 3 aromatic heterocycles. The number of benzene rings is 16. The number of para-hydroxylation sites is 3. The molecule has 3 aliphatic heterocycles. The molecule has 9 aliphatic rings. The van der Waals surface area contributed by atoms with Crippen LogP contribution >= 0.6 is 0 Å².